The fourth-order valence-corrected chi connectivity index (χ4v) is 3.43. The predicted molar refractivity (Wildman–Crippen MR) is 108 cm³/mol. The number of nitro groups is 1. The zero-order valence-corrected chi connectivity index (χ0v) is 18.6. The summed E-state index contributed by atoms with van der Waals surface area (Å²) in [4.78, 5) is 23.8. The highest BCUT2D eigenvalue weighted by Gasteiger charge is 2.35. The van der Waals surface area contributed by atoms with Gasteiger partial charge in [-0.05, 0) is 17.7 Å². The van der Waals surface area contributed by atoms with Crippen molar-refractivity contribution in [3.05, 3.63) is 51.8 Å². The summed E-state index contributed by atoms with van der Waals surface area (Å²) in [5.74, 6) is 0. The van der Waals surface area contributed by atoms with Crippen LogP contribution >= 0.6 is 0 Å². The van der Waals surface area contributed by atoms with Crippen LogP contribution in [0.5, 0.6) is 0 Å². The van der Waals surface area contributed by atoms with Crippen LogP contribution in [0.1, 0.15) is 12.0 Å². The number of amides is 1. The first kappa shape index (κ1) is 24.5. The Bertz CT molecular complexity index is 1070. The van der Waals surface area contributed by atoms with Gasteiger partial charge in [0.05, 0.1) is 24.0 Å². The maximum atomic E-state index is 12.5. The lowest BCUT2D eigenvalue weighted by molar-refractivity contribution is -0.384. The number of non-ortho nitro benzene ring substituents is 1. The standard InChI is InChI=1S/C16H22N4O9S2/c1-18(30(2,24)25)17-9-14-8-15(29-31(3,26)27)10-19(14)16(21)28-11-12-4-6-13(7-5-12)20(22)23/h4-7,9,15,17H,8,10-11H2,1-3H3/t15-/m1/s1. The summed E-state index contributed by atoms with van der Waals surface area (Å²) in [6.45, 7) is -0.322. The van der Waals surface area contributed by atoms with Gasteiger partial charge in [-0.15, -0.1) is 4.41 Å². The van der Waals surface area contributed by atoms with Gasteiger partial charge in [0.25, 0.3) is 15.8 Å². The molecular formula is C16H22N4O9S2. The maximum Gasteiger partial charge on any atom is 0.414 e. The molecule has 1 heterocycles. The Balaban J connectivity index is 2.11. The van der Waals surface area contributed by atoms with E-state index in [1.807, 2.05) is 0 Å². The average Bonchev–Trinajstić information content (AvgIpc) is 3.04. The van der Waals surface area contributed by atoms with E-state index in [9.17, 15) is 31.7 Å². The van der Waals surface area contributed by atoms with E-state index >= 15 is 0 Å². The van der Waals surface area contributed by atoms with Crippen LogP contribution in [0.15, 0.2) is 36.2 Å². The molecule has 1 aliphatic rings. The molecule has 0 saturated carbocycles. The van der Waals surface area contributed by atoms with Crippen LogP contribution in [-0.2, 0) is 35.7 Å². The minimum Gasteiger partial charge on any atom is -0.444 e. The Morgan fingerprint density at radius 2 is 1.90 bits per heavy atom. The Morgan fingerprint density at radius 3 is 2.42 bits per heavy atom. The Labute approximate surface area is 179 Å². The monoisotopic (exact) mass is 478 g/mol. The largest absolute Gasteiger partial charge is 0.444 e. The van der Waals surface area contributed by atoms with E-state index in [1.54, 1.807) is 0 Å². The molecule has 0 radical (unpaired) electrons. The van der Waals surface area contributed by atoms with Crippen molar-refractivity contribution in [1.29, 1.82) is 0 Å². The molecule has 0 aliphatic carbocycles. The molecule has 0 unspecified atom stereocenters. The first-order valence-electron chi connectivity index (χ1n) is 8.71. The molecular weight excluding hydrogens is 456 g/mol. The first-order chi connectivity index (χ1) is 14.3. The van der Waals surface area contributed by atoms with E-state index < -0.39 is 37.3 Å². The first-order valence-corrected chi connectivity index (χ1v) is 12.4. The molecule has 0 aromatic heterocycles. The van der Waals surface area contributed by atoms with Crippen molar-refractivity contribution in [3.63, 3.8) is 0 Å². The number of hydrogen-bond acceptors (Lipinski definition) is 10. The van der Waals surface area contributed by atoms with Crippen molar-refractivity contribution in [2.24, 2.45) is 0 Å². The van der Waals surface area contributed by atoms with Crippen LogP contribution in [-0.4, -0.2) is 69.4 Å². The maximum absolute atomic E-state index is 12.5. The van der Waals surface area contributed by atoms with Crippen LogP contribution in [0, 0.1) is 10.1 Å². The van der Waals surface area contributed by atoms with Crippen molar-refractivity contribution >= 4 is 31.9 Å². The van der Waals surface area contributed by atoms with Crippen LogP contribution in [0.4, 0.5) is 10.5 Å². The molecule has 1 amide bonds. The summed E-state index contributed by atoms with van der Waals surface area (Å²) in [5.41, 5.74) is 3.13. The number of nitrogens with zero attached hydrogens (tertiary/aromatic N) is 3. The lowest BCUT2D eigenvalue weighted by atomic mass is 10.2. The summed E-state index contributed by atoms with van der Waals surface area (Å²) >= 11 is 0. The molecule has 0 spiro atoms. The third-order valence-electron chi connectivity index (χ3n) is 4.12. The molecule has 1 saturated heterocycles. The molecule has 1 aliphatic heterocycles. The van der Waals surface area contributed by atoms with Gasteiger partial charge in [-0.1, -0.05) is 0 Å². The lowest BCUT2D eigenvalue weighted by Crippen LogP contribution is -2.36. The van der Waals surface area contributed by atoms with Gasteiger partial charge in [0.1, 0.15) is 12.7 Å². The number of nitro benzene ring substituents is 1. The van der Waals surface area contributed by atoms with E-state index in [2.05, 4.69) is 5.43 Å². The molecule has 0 bridgehead atoms. The zero-order valence-electron chi connectivity index (χ0n) is 16.9. The van der Waals surface area contributed by atoms with Gasteiger partial charge >= 0.3 is 6.09 Å². The average molecular weight is 479 g/mol. The van der Waals surface area contributed by atoms with E-state index in [4.69, 9.17) is 8.92 Å². The van der Waals surface area contributed by atoms with Crippen molar-refractivity contribution in [1.82, 2.24) is 14.7 Å². The quantitative estimate of drug-likeness (QED) is 0.316. The number of ether oxygens (including phenoxy) is 1. The van der Waals surface area contributed by atoms with Gasteiger partial charge in [0, 0.05) is 37.5 Å². The molecule has 13 nitrogen and oxygen atoms in total. The highest BCUT2D eigenvalue weighted by Crippen LogP contribution is 2.26. The van der Waals surface area contributed by atoms with Gasteiger partial charge < -0.3 is 10.2 Å². The second-order valence-corrected chi connectivity index (χ2v) is 10.3. The van der Waals surface area contributed by atoms with Crippen LogP contribution in [0.3, 0.4) is 0 Å². The topological polar surface area (TPSA) is 165 Å². The summed E-state index contributed by atoms with van der Waals surface area (Å²) in [6.07, 6.45) is 1.39. The Morgan fingerprint density at radius 1 is 1.29 bits per heavy atom. The number of hydrogen-bond donors (Lipinski definition) is 1. The highest BCUT2D eigenvalue weighted by molar-refractivity contribution is 7.88. The highest BCUT2D eigenvalue weighted by atomic mass is 32.2. The molecule has 31 heavy (non-hydrogen) atoms. The lowest BCUT2D eigenvalue weighted by Gasteiger charge is -2.19. The van der Waals surface area contributed by atoms with Crippen molar-refractivity contribution in [3.8, 4) is 0 Å². The molecule has 1 aromatic rings. The van der Waals surface area contributed by atoms with Gasteiger partial charge in [-0.25, -0.2) is 13.2 Å². The summed E-state index contributed by atoms with van der Waals surface area (Å²) in [5, 5.41) is 10.7. The summed E-state index contributed by atoms with van der Waals surface area (Å²) in [7, 11) is -6.10. The van der Waals surface area contributed by atoms with Crippen LogP contribution in [0.2, 0.25) is 0 Å². The minimum atomic E-state index is -3.79. The second-order valence-electron chi connectivity index (χ2n) is 6.71. The van der Waals surface area contributed by atoms with Crippen molar-refractivity contribution in [2.75, 3.05) is 26.1 Å². The number of likely N-dealkylation sites (tertiary alicyclic amines) is 1. The van der Waals surface area contributed by atoms with Gasteiger partial charge in [-0.2, -0.15) is 8.42 Å². The zero-order chi connectivity index (χ0) is 23.4. The van der Waals surface area contributed by atoms with Gasteiger partial charge in [0.2, 0.25) is 10.0 Å². The number of nitrogens with one attached hydrogen (secondary N) is 1. The molecule has 172 valence electrons. The number of hydrazine groups is 1. The number of carbonyl (C=O) groups excluding carboxylic acids is 1. The summed E-state index contributed by atoms with van der Waals surface area (Å²) in [6, 6.07) is 5.41. The molecule has 1 N–H and O–H groups in total. The molecule has 1 aromatic carbocycles. The fourth-order valence-electron chi connectivity index (χ4n) is 2.57. The summed E-state index contributed by atoms with van der Waals surface area (Å²) < 4.78 is 56.8. The van der Waals surface area contributed by atoms with Crippen molar-refractivity contribution in [2.45, 2.75) is 19.1 Å². The van der Waals surface area contributed by atoms with Gasteiger partial charge in [-0.3, -0.25) is 19.2 Å². The van der Waals surface area contributed by atoms with E-state index in [0.717, 1.165) is 21.8 Å². The molecule has 1 atom stereocenters. The van der Waals surface area contributed by atoms with E-state index in [0.29, 0.717) is 5.56 Å². The normalized spacial score (nSPS) is 18.4. The van der Waals surface area contributed by atoms with Crippen LogP contribution < -0.4 is 5.43 Å². The predicted octanol–water partition coefficient (Wildman–Crippen LogP) is 0.519. The van der Waals surface area contributed by atoms with Crippen LogP contribution in [0.25, 0.3) is 0 Å². The number of benzene rings is 1. The molecule has 1 fully saturated rings. The Hall–Kier alpha value is -2.75. The SMILES string of the molecule is CN(NC=C1C[C@@H](OS(C)(=O)=O)CN1C(=O)OCc1ccc([N+](=O)[O-])cc1)S(C)(=O)=O. The smallest absolute Gasteiger partial charge is 0.414 e. The number of rotatable bonds is 8. The minimum absolute atomic E-state index is 0.00427. The Kier molecular flexibility index (Phi) is 7.58. The third kappa shape index (κ3) is 7.46. The van der Waals surface area contributed by atoms with Gasteiger partial charge in [0.15, 0.2) is 0 Å². The van der Waals surface area contributed by atoms with Crippen molar-refractivity contribution < 1.29 is 35.5 Å². The fraction of sp³-hybridized carbons (Fsp3) is 0.438. The second kappa shape index (κ2) is 9.59. The molecule has 15 heteroatoms. The van der Waals surface area contributed by atoms with E-state index in [-0.39, 0.29) is 31.0 Å². The number of sulfonamides is 1. The molecule has 2 rings (SSSR count). The third-order valence-corrected chi connectivity index (χ3v) is 5.84. The number of carbonyl (C=O) groups is 1. The van der Waals surface area contributed by atoms with E-state index in [1.165, 1.54) is 37.5 Å².